The van der Waals surface area contributed by atoms with Crippen molar-refractivity contribution in [3.8, 4) is 0 Å². The van der Waals surface area contributed by atoms with E-state index in [1.54, 1.807) is 0 Å². The minimum absolute atomic E-state index is 0.108. The third-order valence-electron chi connectivity index (χ3n) is 18.6. The number of hydrogen-bond acceptors (Lipinski definition) is 15. The molecule has 6 atom stereocenters. The molecule has 0 rings (SSSR count). The van der Waals surface area contributed by atoms with Crippen LogP contribution in [0.1, 0.15) is 413 Å². The lowest BCUT2D eigenvalue weighted by Gasteiger charge is -2.21. The second-order valence-electron chi connectivity index (χ2n) is 28.3. The van der Waals surface area contributed by atoms with E-state index in [1.807, 2.05) is 0 Å². The molecule has 0 bridgehead atoms. The van der Waals surface area contributed by atoms with Crippen molar-refractivity contribution in [2.75, 3.05) is 39.6 Å². The Morgan fingerprint density at radius 2 is 0.495 bits per heavy atom. The van der Waals surface area contributed by atoms with Gasteiger partial charge in [0.05, 0.1) is 26.4 Å². The lowest BCUT2D eigenvalue weighted by Crippen LogP contribution is -2.30. The van der Waals surface area contributed by atoms with Crippen LogP contribution >= 0.6 is 15.6 Å². The second-order valence-corrected chi connectivity index (χ2v) is 31.3. The summed E-state index contributed by atoms with van der Waals surface area (Å²) in [5.41, 5.74) is 0. The average molecular weight is 1420 g/mol. The second kappa shape index (κ2) is 71.1. The Kier molecular flexibility index (Phi) is 69.6. The summed E-state index contributed by atoms with van der Waals surface area (Å²) in [7, 11) is -9.91. The summed E-state index contributed by atoms with van der Waals surface area (Å²) in [5, 5.41) is 10.6. The zero-order valence-electron chi connectivity index (χ0n) is 63.2. The smallest absolute Gasteiger partial charge is 0.462 e. The summed E-state index contributed by atoms with van der Waals surface area (Å²) in [6.45, 7) is 7.28. The van der Waals surface area contributed by atoms with E-state index in [1.165, 1.54) is 231 Å². The predicted molar refractivity (Wildman–Crippen MR) is 395 cm³/mol. The molecule has 0 fully saturated rings. The summed E-state index contributed by atoms with van der Waals surface area (Å²) in [5.74, 6) is -1.38. The van der Waals surface area contributed by atoms with Crippen molar-refractivity contribution in [3.05, 3.63) is 0 Å². The number of ether oxygens (including phenoxy) is 4. The van der Waals surface area contributed by atoms with E-state index >= 15 is 0 Å². The van der Waals surface area contributed by atoms with Crippen molar-refractivity contribution in [2.45, 2.75) is 432 Å². The molecule has 3 unspecified atom stereocenters. The standard InChI is InChI=1S/C78H152O17P2/c1-6-10-13-16-19-22-25-28-31-32-35-38-41-44-47-54-59-63-77(82)94-73(67-88-75(80)61-56-51-45-42-39-36-33-29-26-23-20-17-14-11-7-2)69-92-96(84,85)90-65-72(79)66-91-97(86,87)93-70-74(68-89-76(81)62-57-52-49-48-50-55-60-71(5)9-4)95-78(83)64-58-53-46-43-40-37-34-30-27-24-21-18-15-12-8-3/h71-74,79H,6-70H2,1-5H3,(H,84,85)(H,86,87)/t71?,72-,73-,74-/m1/s1. The van der Waals surface area contributed by atoms with Gasteiger partial charge >= 0.3 is 39.5 Å². The molecule has 3 N–H and O–H groups in total. The minimum atomic E-state index is -4.96. The van der Waals surface area contributed by atoms with Crippen LogP contribution in [0.4, 0.5) is 0 Å². The van der Waals surface area contributed by atoms with Gasteiger partial charge in [0.2, 0.25) is 0 Å². The maximum absolute atomic E-state index is 13.1. The first-order chi connectivity index (χ1) is 47.1. The summed E-state index contributed by atoms with van der Waals surface area (Å²) in [6.07, 6.45) is 60.9. The number of aliphatic hydroxyl groups is 1. The monoisotopic (exact) mass is 1420 g/mol. The molecule has 19 heteroatoms. The number of carbonyl (C=O) groups is 4. The number of esters is 4. The van der Waals surface area contributed by atoms with E-state index in [0.717, 1.165) is 102 Å². The van der Waals surface area contributed by atoms with Crippen LogP contribution in [0, 0.1) is 5.92 Å². The maximum Gasteiger partial charge on any atom is 0.472 e. The Hall–Kier alpha value is -1.94. The van der Waals surface area contributed by atoms with Gasteiger partial charge in [-0.2, -0.15) is 0 Å². The van der Waals surface area contributed by atoms with Gasteiger partial charge in [-0.05, 0) is 31.6 Å². The van der Waals surface area contributed by atoms with Gasteiger partial charge in [-0.25, -0.2) is 9.13 Å². The van der Waals surface area contributed by atoms with Crippen LogP contribution < -0.4 is 0 Å². The molecule has 0 saturated carbocycles. The molecular formula is C78H152O17P2. The van der Waals surface area contributed by atoms with Crippen LogP contribution in [0.25, 0.3) is 0 Å². The van der Waals surface area contributed by atoms with Gasteiger partial charge in [0.25, 0.3) is 0 Å². The molecule has 0 spiro atoms. The first-order valence-electron chi connectivity index (χ1n) is 40.7. The Balaban J connectivity index is 5.25. The van der Waals surface area contributed by atoms with Crippen LogP contribution in [0.15, 0.2) is 0 Å². The van der Waals surface area contributed by atoms with Gasteiger partial charge < -0.3 is 33.8 Å². The molecule has 0 aromatic carbocycles. The Bertz CT molecular complexity index is 1860. The topological polar surface area (TPSA) is 237 Å². The van der Waals surface area contributed by atoms with Crippen molar-refractivity contribution in [1.29, 1.82) is 0 Å². The van der Waals surface area contributed by atoms with Crippen LogP contribution in [0.3, 0.4) is 0 Å². The fourth-order valence-corrected chi connectivity index (χ4v) is 13.6. The van der Waals surface area contributed by atoms with E-state index in [2.05, 4.69) is 34.6 Å². The number of phosphoric acid groups is 2. The molecular weight excluding hydrogens is 1270 g/mol. The molecule has 0 heterocycles. The molecule has 0 saturated heterocycles. The highest BCUT2D eigenvalue weighted by Crippen LogP contribution is 2.45. The number of phosphoric ester groups is 2. The molecule has 0 aliphatic carbocycles. The van der Waals surface area contributed by atoms with E-state index in [4.69, 9.17) is 37.0 Å². The van der Waals surface area contributed by atoms with Crippen molar-refractivity contribution >= 4 is 39.5 Å². The van der Waals surface area contributed by atoms with Crippen LogP contribution in [0.5, 0.6) is 0 Å². The molecule has 0 radical (unpaired) electrons. The molecule has 576 valence electrons. The van der Waals surface area contributed by atoms with Gasteiger partial charge in [0.15, 0.2) is 12.2 Å². The van der Waals surface area contributed by atoms with Crippen molar-refractivity contribution in [1.82, 2.24) is 0 Å². The molecule has 17 nitrogen and oxygen atoms in total. The summed E-state index contributed by atoms with van der Waals surface area (Å²) >= 11 is 0. The SMILES string of the molecule is CCCCCCCCCCCCCCCCCCCC(=O)O[C@H](COC(=O)CCCCCCCCCCCCCCCCC)COP(=O)(O)OC[C@@H](O)COP(=O)(O)OC[C@@H](COC(=O)CCCCCCCCC(C)CC)OC(=O)CCCCCCCCCCCCCCCCC. The lowest BCUT2D eigenvalue weighted by atomic mass is 10.00. The fourth-order valence-electron chi connectivity index (χ4n) is 12.0. The van der Waals surface area contributed by atoms with Crippen molar-refractivity contribution in [2.24, 2.45) is 5.92 Å². The zero-order chi connectivity index (χ0) is 71.2. The average Bonchev–Trinajstić information content (AvgIpc) is 1.74. The number of aliphatic hydroxyl groups excluding tert-OH is 1. The fraction of sp³-hybridized carbons (Fsp3) is 0.949. The molecule has 97 heavy (non-hydrogen) atoms. The van der Waals surface area contributed by atoms with E-state index < -0.39 is 97.5 Å². The summed E-state index contributed by atoms with van der Waals surface area (Å²) in [6, 6.07) is 0. The number of unbranched alkanes of at least 4 members (excludes halogenated alkanes) is 49. The number of hydrogen-bond donors (Lipinski definition) is 3. The van der Waals surface area contributed by atoms with E-state index in [-0.39, 0.29) is 25.7 Å². The Morgan fingerprint density at radius 3 is 0.732 bits per heavy atom. The van der Waals surface area contributed by atoms with E-state index in [9.17, 15) is 43.2 Å². The number of carbonyl (C=O) groups excluding carboxylic acids is 4. The normalized spacial score (nSPS) is 14.2. The minimum Gasteiger partial charge on any atom is -0.462 e. The van der Waals surface area contributed by atoms with Gasteiger partial charge in [0, 0.05) is 25.7 Å². The van der Waals surface area contributed by atoms with Crippen molar-refractivity contribution in [3.63, 3.8) is 0 Å². The molecule has 0 aromatic heterocycles. The zero-order valence-corrected chi connectivity index (χ0v) is 65.0. The first-order valence-corrected chi connectivity index (χ1v) is 43.7. The molecule has 0 aliphatic rings. The summed E-state index contributed by atoms with van der Waals surface area (Å²) < 4.78 is 68.6. The Morgan fingerprint density at radius 1 is 0.289 bits per heavy atom. The molecule has 0 aliphatic heterocycles. The highest BCUT2D eigenvalue weighted by Gasteiger charge is 2.30. The molecule has 0 amide bonds. The predicted octanol–water partition coefficient (Wildman–Crippen LogP) is 23.3. The van der Waals surface area contributed by atoms with Gasteiger partial charge in [-0.1, -0.05) is 362 Å². The van der Waals surface area contributed by atoms with Crippen LogP contribution in [0.2, 0.25) is 0 Å². The third-order valence-corrected chi connectivity index (χ3v) is 20.5. The Labute approximate surface area is 594 Å². The van der Waals surface area contributed by atoms with Crippen LogP contribution in [-0.2, 0) is 65.4 Å². The number of rotatable bonds is 78. The largest absolute Gasteiger partial charge is 0.472 e. The third kappa shape index (κ3) is 70.9. The maximum atomic E-state index is 13.1. The summed E-state index contributed by atoms with van der Waals surface area (Å²) in [4.78, 5) is 72.9. The first kappa shape index (κ1) is 95.1. The van der Waals surface area contributed by atoms with Gasteiger partial charge in [-0.15, -0.1) is 0 Å². The van der Waals surface area contributed by atoms with Gasteiger partial charge in [0.1, 0.15) is 19.3 Å². The van der Waals surface area contributed by atoms with Crippen molar-refractivity contribution < 1.29 is 80.2 Å². The van der Waals surface area contributed by atoms with Crippen LogP contribution in [-0.4, -0.2) is 96.7 Å². The highest BCUT2D eigenvalue weighted by molar-refractivity contribution is 7.47. The van der Waals surface area contributed by atoms with Gasteiger partial charge in [-0.3, -0.25) is 37.3 Å². The quantitative estimate of drug-likeness (QED) is 0.0222. The molecule has 0 aromatic rings. The lowest BCUT2D eigenvalue weighted by molar-refractivity contribution is -0.161. The van der Waals surface area contributed by atoms with E-state index in [0.29, 0.717) is 25.7 Å². The highest BCUT2D eigenvalue weighted by atomic mass is 31.2.